The highest BCUT2D eigenvalue weighted by Crippen LogP contribution is 2.34. The molecule has 5 rings (SSSR count). The van der Waals surface area contributed by atoms with Gasteiger partial charge in [-0.15, -0.1) is 0 Å². The lowest BCUT2D eigenvalue weighted by molar-refractivity contribution is -0.0368. The van der Waals surface area contributed by atoms with E-state index in [1.807, 2.05) is 6.92 Å². The minimum Gasteiger partial charge on any atom is -0.388 e. The zero-order valence-electron chi connectivity index (χ0n) is 16.8. The molecule has 0 unspecified atom stereocenters. The van der Waals surface area contributed by atoms with Crippen molar-refractivity contribution in [3.05, 3.63) is 30.2 Å². The number of hydrogen-bond donors (Lipinski definition) is 3. The van der Waals surface area contributed by atoms with Crippen LogP contribution in [0.15, 0.2) is 23.4 Å². The zero-order valence-corrected chi connectivity index (χ0v) is 16.8. The zero-order chi connectivity index (χ0) is 20.7. The van der Waals surface area contributed by atoms with Gasteiger partial charge in [-0.3, -0.25) is 4.57 Å². The van der Waals surface area contributed by atoms with Crippen LogP contribution in [0.25, 0.3) is 11.2 Å². The number of ether oxygens (including phenoxy) is 1. The number of nitrogens with one attached hydrogen (secondary N) is 1. The molecule has 0 aromatic carbocycles. The van der Waals surface area contributed by atoms with Crippen LogP contribution < -0.4 is 5.32 Å². The van der Waals surface area contributed by atoms with Gasteiger partial charge in [-0.05, 0) is 32.6 Å². The van der Waals surface area contributed by atoms with Crippen LogP contribution in [0.2, 0.25) is 0 Å². The fourth-order valence-corrected chi connectivity index (χ4v) is 4.44. The second-order valence-corrected chi connectivity index (χ2v) is 8.20. The summed E-state index contributed by atoms with van der Waals surface area (Å²) >= 11 is 0. The molecule has 10 heteroatoms. The highest BCUT2D eigenvalue weighted by molar-refractivity contribution is 5.82. The Bertz CT molecular complexity index is 1010. The fourth-order valence-electron chi connectivity index (χ4n) is 4.44. The normalized spacial score (nSPS) is 27.3. The number of nitrogens with zero attached hydrogens (tertiary/aromatic N) is 5. The molecule has 10 nitrogen and oxygen atoms in total. The Kier molecular flexibility index (Phi) is 5.13. The third-order valence-corrected chi connectivity index (χ3v) is 6.18. The molecule has 4 atom stereocenters. The van der Waals surface area contributed by atoms with E-state index in [4.69, 9.17) is 9.26 Å². The molecular formula is C20H26N6O4. The van der Waals surface area contributed by atoms with E-state index in [1.54, 1.807) is 17.2 Å². The number of aliphatic hydroxyl groups is 2. The first-order valence-corrected chi connectivity index (χ1v) is 10.5. The summed E-state index contributed by atoms with van der Waals surface area (Å²) < 4.78 is 12.7. The molecule has 4 heterocycles. The van der Waals surface area contributed by atoms with E-state index < -0.39 is 24.5 Å². The lowest BCUT2D eigenvalue weighted by Gasteiger charge is -2.17. The summed E-state index contributed by atoms with van der Waals surface area (Å²) in [4.78, 5) is 13.2. The number of hydrogen-bond acceptors (Lipinski definition) is 9. The van der Waals surface area contributed by atoms with E-state index in [0.717, 1.165) is 24.1 Å². The first-order valence-electron chi connectivity index (χ1n) is 10.5. The average Bonchev–Trinajstić information content (AvgIpc) is 3.52. The molecule has 2 aliphatic rings. The molecule has 30 heavy (non-hydrogen) atoms. The molecule has 3 aromatic heterocycles. The molecule has 1 saturated carbocycles. The van der Waals surface area contributed by atoms with E-state index in [1.165, 1.54) is 19.2 Å². The second-order valence-electron chi connectivity index (χ2n) is 8.20. The summed E-state index contributed by atoms with van der Waals surface area (Å²) in [6.07, 6.45) is 7.03. The SMILES string of the molecule is Cc1conc1CC[C@H]1O[C@@H](n2cnc3c(NC4CCCC4)ncnc32)[C@H](O)[C@@H]1O. The van der Waals surface area contributed by atoms with Gasteiger partial charge < -0.3 is 24.8 Å². The minimum absolute atomic E-state index is 0.396. The van der Waals surface area contributed by atoms with Crippen molar-refractivity contribution >= 4 is 17.0 Å². The molecule has 1 saturated heterocycles. The Morgan fingerprint density at radius 2 is 2.00 bits per heavy atom. The van der Waals surface area contributed by atoms with Gasteiger partial charge in [0.25, 0.3) is 0 Å². The Hall–Kier alpha value is -2.56. The van der Waals surface area contributed by atoms with Crippen molar-refractivity contribution < 1.29 is 19.5 Å². The van der Waals surface area contributed by atoms with Crippen molar-refractivity contribution in [2.75, 3.05) is 5.32 Å². The number of imidazole rings is 1. The molecule has 160 valence electrons. The lowest BCUT2D eigenvalue weighted by Crippen LogP contribution is -2.31. The Balaban J connectivity index is 1.35. The molecule has 3 aromatic rings. The van der Waals surface area contributed by atoms with E-state index in [9.17, 15) is 10.2 Å². The van der Waals surface area contributed by atoms with Crippen molar-refractivity contribution in [1.29, 1.82) is 0 Å². The number of anilines is 1. The molecule has 0 bridgehead atoms. The van der Waals surface area contributed by atoms with Crippen LogP contribution in [0.5, 0.6) is 0 Å². The van der Waals surface area contributed by atoms with Crippen LogP contribution in [-0.4, -0.2) is 59.2 Å². The third kappa shape index (κ3) is 3.44. The highest BCUT2D eigenvalue weighted by Gasteiger charge is 2.44. The molecule has 1 aliphatic carbocycles. The van der Waals surface area contributed by atoms with Crippen LogP contribution in [0.4, 0.5) is 5.82 Å². The Labute approximate surface area is 173 Å². The maximum absolute atomic E-state index is 10.7. The summed E-state index contributed by atoms with van der Waals surface area (Å²) in [5, 5.41) is 28.6. The first kappa shape index (κ1) is 19.4. The number of aromatic nitrogens is 5. The van der Waals surface area contributed by atoms with Crippen molar-refractivity contribution in [2.45, 2.75) is 76.0 Å². The highest BCUT2D eigenvalue weighted by atomic mass is 16.6. The first-order chi connectivity index (χ1) is 14.6. The monoisotopic (exact) mass is 414 g/mol. The summed E-state index contributed by atoms with van der Waals surface area (Å²) in [7, 11) is 0. The third-order valence-electron chi connectivity index (χ3n) is 6.18. The van der Waals surface area contributed by atoms with Crippen LogP contribution in [0.1, 0.15) is 49.6 Å². The van der Waals surface area contributed by atoms with Crippen molar-refractivity contribution in [3.8, 4) is 0 Å². The average molecular weight is 414 g/mol. The van der Waals surface area contributed by atoms with Gasteiger partial charge >= 0.3 is 0 Å². The van der Waals surface area contributed by atoms with Gasteiger partial charge in [0, 0.05) is 11.6 Å². The maximum Gasteiger partial charge on any atom is 0.167 e. The summed E-state index contributed by atoms with van der Waals surface area (Å²) in [6.45, 7) is 1.92. The Morgan fingerprint density at radius 1 is 1.17 bits per heavy atom. The fraction of sp³-hybridized carbons (Fsp3) is 0.600. The lowest BCUT2D eigenvalue weighted by atomic mass is 10.0. The molecule has 3 N–H and O–H groups in total. The van der Waals surface area contributed by atoms with Gasteiger partial charge in [-0.2, -0.15) is 0 Å². The Morgan fingerprint density at radius 3 is 2.77 bits per heavy atom. The van der Waals surface area contributed by atoms with Crippen LogP contribution in [0.3, 0.4) is 0 Å². The van der Waals surface area contributed by atoms with E-state index >= 15 is 0 Å². The second kappa shape index (κ2) is 7.93. The molecule has 1 aliphatic heterocycles. The quantitative estimate of drug-likeness (QED) is 0.552. The molecular weight excluding hydrogens is 388 g/mol. The van der Waals surface area contributed by atoms with Crippen LogP contribution in [0, 0.1) is 6.92 Å². The van der Waals surface area contributed by atoms with E-state index in [0.29, 0.717) is 35.9 Å². The molecule has 0 amide bonds. The van der Waals surface area contributed by atoms with Gasteiger partial charge in [0.15, 0.2) is 23.2 Å². The van der Waals surface area contributed by atoms with Crippen molar-refractivity contribution in [3.63, 3.8) is 0 Å². The topological polar surface area (TPSA) is 131 Å². The molecule has 2 fully saturated rings. The van der Waals surface area contributed by atoms with Gasteiger partial charge in [0.2, 0.25) is 0 Å². The molecule has 0 radical (unpaired) electrons. The predicted molar refractivity (Wildman–Crippen MR) is 107 cm³/mol. The van der Waals surface area contributed by atoms with Gasteiger partial charge in [-0.1, -0.05) is 18.0 Å². The molecule has 0 spiro atoms. The van der Waals surface area contributed by atoms with Crippen LogP contribution in [-0.2, 0) is 11.2 Å². The van der Waals surface area contributed by atoms with E-state index in [2.05, 4.69) is 25.4 Å². The predicted octanol–water partition coefficient (Wildman–Crippen LogP) is 1.73. The summed E-state index contributed by atoms with van der Waals surface area (Å²) in [5.41, 5.74) is 2.98. The van der Waals surface area contributed by atoms with Crippen molar-refractivity contribution in [2.24, 2.45) is 0 Å². The summed E-state index contributed by atoms with van der Waals surface area (Å²) in [5.74, 6) is 0.691. The van der Waals surface area contributed by atoms with Crippen molar-refractivity contribution in [1.82, 2.24) is 24.7 Å². The van der Waals surface area contributed by atoms with Gasteiger partial charge in [0.1, 0.15) is 24.8 Å². The minimum atomic E-state index is -1.09. The van der Waals surface area contributed by atoms with Gasteiger partial charge in [-0.25, -0.2) is 15.0 Å². The largest absolute Gasteiger partial charge is 0.388 e. The smallest absolute Gasteiger partial charge is 0.167 e. The van der Waals surface area contributed by atoms with E-state index in [-0.39, 0.29) is 0 Å². The summed E-state index contributed by atoms with van der Waals surface area (Å²) in [6, 6.07) is 0.396. The van der Waals surface area contributed by atoms with Crippen LogP contribution >= 0.6 is 0 Å². The number of aryl methyl sites for hydroxylation is 2. The number of fused-ring (bicyclic) bond motifs is 1. The number of rotatable bonds is 6. The number of aliphatic hydroxyl groups excluding tert-OH is 2. The van der Waals surface area contributed by atoms with Gasteiger partial charge in [0.05, 0.1) is 18.1 Å². The maximum atomic E-state index is 10.7. The standard InChI is InChI=1S/C20H26N6O4/c1-11-8-29-25-13(11)6-7-14-16(27)17(28)20(30-14)26-10-23-15-18(21-9-22-19(15)26)24-12-4-2-3-5-12/h8-10,12,14,16-17,20,27-28H,2-7H2,1H3,(H,21,22,24)/t14-,16-,17-,20-/m1/s1.